The second-order valence-electron chi connectivity index (χ2n) is 3.89. The van der Waals surface area contributed by atoms with Gasteiger partial charge >= 0.3 is 0 Å². The molecular weight excluding hydrogens is 136 g/mol. The maximum Gasteiger partial charge on any atom is 0.0468 e. The quantitative estimate of drug-likeness (QED) is 0.601. The zero-order chi connectivity index (χ0) is 7.84. The third kappa shape index (κ3) is 1.02. The first kappa shape index (κ1) is 7.35. The van der Waals surface area contributed by atoms with Crippen LogP contribution in [0.3, 0.4) is 0 Å². The highest BCUT2D eigenvalue weighted by Crippen LogP contribution is 2.49. The molecule has 0 aromatic heterocycles. The number of fused-ring (bicyclic) bond motifs is 2. The summed E-state index contributed by atoms with van der Waals surface area (Å²) in [5, 5.41) is 8.84. The largest absolute Gasteiger partial charge is 0.396 e. The number of aliphatic hydroxyl groups is 1. The summed E-state index contributed by atoms with van der Waals surface area (Å²) in [6.07, 6.45) is 5.12. The van der Waals surface area contributed by atoms with E-state index in [0.29, 0.717) is 6.61 Å². The van der Waals surface area contributed by atoms with Crippen LogP contribution in [0.15, 0.2) is 11.1 Å². The molecule has 2 aliphatic carbocycles. The predicted octanol–water partition coefficient (Wildman–Crippen LogP) is 2.12. The highest BCUT2D eigenvalue weighted by molar-refractivity contribution is 5.27. The molecule has 1 fully saturated rings. The molecule has 1 heteroatoms. The Morgan fingerprint density at radius 2 is 2.09 bits per heavy atom. The average molecular weight is 152 g/mol. The molecule has 0 unspecified atom stereocenters. The van der Waals surface area contributed by atoms with Crippen LogP contribution in [0.2, 0.25) is 0 Å². The summed E-state index contributed by atoms with van der Waals surface area (Å²) in [6.45, 7) is 2.60. The van der Waals surface area contributed by atoms with E-state index in [1.807, 2.05) is 0 Å². The van der Waals surface area contributed by atoms with E-state index in [9.17, 15) is 0 Å². The van der Waals surface area contributed by atoms with E-state index in [4.69, 9.17) is 5.11 Å². The molecule has 1 N–H and O–H groups in total. The second kappa shape index (κ2) is 2.63. The molecule has 0 heterocycles. The highest BCUT2D eigenvalue weighted by atomic mass is 16.2. The Kier molecular flexibility index (Phi) is 1.76. The fraction of sp³-hybridized carbons (Fsp3) is 0.800. The molecule has 1 nitrogen and oxygen atoms in total. The van der Waals surface area contributed by atoms with E-state index in [0.717, 1.165) is 18.3 Å². The molecule has 0 aromatic rings. The fourth-order valence-electron chi connectivity index (χ4n) is 2.80. The lowest BCUT2D eigenvalue weighted by molar-refractivity contribution is 0.294. The van der Waals surface area contributed by atoms with Gasteiger partial charge in [-0.3, -0.25) is 0 Å². The maximum absolute atomic E-state index is 8.84. The number of hydrogen-bond donors (Lipinski definition) is 1. The van der Waals surface area contributed by atoms with Gasteiger partial charge in [0.1, 0.15) is 0 Å². The van der Waals surface area contributed by atoms with Gasteiger partial charge in [0.2, 0.25) is 0 Å². The van der Waals surface area contributed by atoms with Gasteiger partial charge in [-0.15, -0.1) is 0 Å². The lowest BCUT2D eigenvalue weighted by atomic mass is 9.91. The Bertz CT molecular complexity index is 193. The van der Waals surface area contributed by atoms with Crippen molar-refractivity contribution in [2.24, 2.45) is 11.8 Å². The third-order valence-corrected chi connectivity index (χ3v) is 3.43. The molecule has 0 aromatic carbocycles. The summed E-state index contributed by atoms with van der Waals surface area (Å²) in [4.78, 5) is 0. The van der Waals surface area contributed by atoms with Gasteiger partial charge in [0.05, 0.1) is 0 Å². The molecule has 2 rings (SSSR count). The first-order valence-corrected chi connectivity index (χ1v) is 4.63. The standard InChI is InChI=1S/C10H16O/c1-7-8-2-3-9(6-8)10(7)4-5-11/h8-9,11H,2-6H2,1H3/t8-,9+/m0/s1. The topological polar surface area (TPSA) is 20.2 Å². The van der Waals surface area contributed by atoms with E-state index in [1.54, 1.807) is 11.1 Å². The molecule has 2 bridgehead atoms. The van der Waals surface area contributed by atoms with Gasteiger partial charge in [-0.2, -0.15) is 0 Å². The van der Waals surface area contributed by atoms with Crippen molar-refractivity contribution in [1.29, 1.82) is 0 Å². The van der Waals surface area contributed by atoms with Crippen LogP contribution in [0.4, 0.5) is 0 Å². The fourth-order valence-corrected chi connectivity index (χ4v) is 2.80. The van der Waals surface area contributed by atoms with Crippen LogP contribution in [0.25, 0.3) is 0 Å². The Morgan fingerprint density at radius 3 is 2.64 bits per heavy atom. The smallest absolute Gasteiger partial charge is 0.0468 e. The molecule has 62 valence electrons. The second-order valence-corrected chi connectivity index (χ2v) is 3.89. The minimum Gasteiger partial charge on any atom is -0.396 e. The first-order valence-electron chi connectivity index (χ1n) is 4.63. The summed E-state index contributed by atoms with van der Waals surface area (Å²) in [5.74, 6) is 1.74. The van der Waals surface area contributed by atoms with Gasteiger partial charge in [-0.05, 0) is 44.4 Å². The van der Waals surface area contributed by atoms with Crippen LogP contribution < -0.4 is 0 Å². The Morgan fingerprint density at radius 1 is 1.36 bits per heavy atom. The molecule has 1 saturated carbocycles. The number of rotatable bonds is 2. The van der Waals surface area contributed by atoms with Crippen molar-refractivity contribution < 1.29 is 5.11 Å². The summed E-state index contributed by atoms with van der Waals surface area (Å²) >= 11 is 0. The van der Waals surface area contributed by atoms with Crippen molar-refractivity contribution in [2.75, 3.05) is 6.61 Å². The Balaban J connectivity index is 2.17. The molecule has 0 amide bonds. The average Bonchev–Trinajstić information content (AvgIpc) is 2.54. The van der Waals surface area contributed by atoms with Gasteiger partial charge in [-0.1, -0.05) is 11.1 Å². The van der Waals surface area contributed by atoms with Gasteiger partial charge in [0, 0.05) is 6.61 Å². The zero-order valence-corrected chi connectivity index (χ0v) is 7.14. The zero-order valence-electron chi connectivity index (χ0n) is 7.14. The SMILES string of the molecule is CC1=C(CCO)[C@@H]2CC[C@H]1C2. The van der Waals surface area contributed by atoms with Crippen molar-refractivity contribution >= 4 is 0 Å². The minimum absolute atomic E-state index is 0.343. The van der Waals surface area contributed by atoms with Gasteiger partial charge in [-0.25, -0.2) is 0 Å². The van der Waals surface area contributed by atoms with E-state index in [1.165, 1.54) is 19.3 Å². The van der Waals surface area contributed by atoms with Gasteiger partial charge in [0.25, 0.3) is 0 Å². The molecule has 2 aliphatic rings. The van der Waals surface area contributed by atoms with E-state index in [-0.39, 0.29) is 0 Å². The number of aliphatic hydroxyl groups excluding tert-OH is 1. The molecule has 0 saturated heterocycles. The van der Waals surface area contributed by atoms with Gasteiger partial charge < -0.3 is 5.11 Å². The lowest BCUT2D eigenvalue weighted by Crippen LogP contribution is -2.02. The normalized spacial score (nSPS) is 35.5. The van der Waals surface area contributed by atoms with Crippen molar-refractivity contribution in [3.05, 3.63) is 11.1 Å². The van der Waals surface area contributed by atoms with E-state index < -0.39 is 0 Å². The molecule has 0 radical (unpaired) electrons. The van der Waals surface area contributed by atoms with Crippen LogP contribution in [0, 0.1) is 11.8 Å². The monoisotopic (exact) mass is 152 g/mol. The summed E-state index contributed by atoms with van der Waals surface area (Å²) in [7, 11) is 0. The van der Waals surface area contributed by atoms with E-state index >= 15 is 0 Å². The third-order valence-electron chi connectivity index (χ3n) is 3.43. The van der Waals surface area contributed by atoms with Crippen LogP contribution >= 0.6 is 0 Å². The Hall–Kier alpha value is -0.300. The molecule has 0 aliphatic heterocycles. The van der Waals surface area contributed by atoms with Gasteiger partial charge in [0.15, 0.2) is 0 Å². The van der Waals surface area contributed by atoms with Crippen molar-refractivity contribution in [2.45, 2.75) is 32.6 Å². The maximum atomic E-state index is 8.84. The van der Waals surface area contributed by atoms with Crippen LogP contribution in [0.1, 0.15) is 32.6 Å². The number of allylic oxidation sites excluding steroid dienone is 1. The van der Waals surface area contributed by atoms with Crippen molar-refractivity contribution in [3.63, 3.8) is 0 Å². The number of hydrogen-bond acceptors (Lipinski definition) is 1. The highest BCUT2D eigenvalue weighted by Gasteiger charge is 2.35. The Labute approximate surface area is 68.1 Å². The van der Waals surface area contributed by atoms with Crippen molar-refractivity contribution in [3.8, 4) is 0 Å². The van der Waals surface area contributed by atoms with Crippen LogP contribution in [-0.2, 0) is 0 Å². The molecule has 0 spiro atoms. The van der Waals surface area contributed by atoms with Crippen LogP contribution in [-0.4, -0.2) is 11.7 Å². The minimum atomic E-state index is 0.343. The summed E-state index contributed by atoms with van der Waals surface area (Å²) in [5.41, 5.74) is 3.19. The van der Waals surface area contributed by atoms with E-state index in [2.05, 4.69) is 6.92 Å². The molecule has 2 atom stereocenters. The first-order chi connectivity index (χ1) is 5.33. The lowest BCUT2D eigenvalue weighted by Gasteiger charge is -2.15. The summed E-state index contributed by atoms with van der Waals surface area (Å²) in [6, 6.07) is 0. The molecule has 11 heavy (non-hydrogen) atoms. The summed E-state index contributed by atoms with van der Waals surface area (Å²) < 4.78 is 0. The molecular formula is C10H16O. The van der Waals surface area contributed by atoms with Crippen LogP contribution in [0.5, 0.6) is 0 Å². The predicted molar refractivity (Wildman–Crippen MR) is 45.2 cm³/mol. The van der Waals surface area contributed by atoms with Crippen molar-refractivity contribution in [1.82, 2.24) is 0 Å².